The molecule has 0 bridgehead atoms. The van der Waals surface area contributed by atoms with Gasteiger partial charge in [0, 0.05) is 32.2 Å². The van der Waals surface area contributed by atoms with Gasteiger partial charge in [-0.3, -0.25) is 4.79 Å². The van der Waals surface area contributed by atoms with Crippen LogP contribution in [0.3, 0.4) is 0 Å². The van der Waals surface area contributed by atoms with Crippen molar-refractivity contribution in [2.75, 3.05) is 7.11 Å². The molecule has 0 aliphatic carbocycles. The number of benzene rings is 3. The van der Waals surface area contributed by atoms with E-state index in [9.17, 15) is 4.79 Å². The number of hydrogen-bond acceptors (Lipinski definition) is 3. The summed E-state index contributed by atoms with van der Waals surface area (Å²) in [6.45, 7) is 1.32. The van der Waals surface area contributed by atoms with Gasteiger partial charge in [-0.05, 0) is 47.5 Å². The van der Waals surface area contributed by atoms with Gasteiger partial charge in [0.05, 0.1) is 13.7 Å². The molecule has 0 fully saturated rings. The topological polar surface area (TPSA) is 56.4 Å². The van der Waals surface area contributed by atoms with Gasteiger partial charge in [-0.2, -0.15) is 0 Å². The van der Waals surface area contributed by atoms with E-state index in [0.717, 1.165) is 22.4 Å². The van der Waals surface area contributed by atoms with E-state index in [1.807, 2.05) is 59.7 Å². The van der Waals surface area contributed by atoms with Crippen LogP contribution in [0.2, 0.25) is 20.1 Å². The molecule has 6 nitrogen and oxygen atoms in total. The average Bonchev–Trinajstić information content (AvgIpc) is 3.33. The number of nitrogens with zero attached hydrogens (tertiary/aromatic N) is 2. The maximum Gasteiger partial charge on any atom is 0.262 e. The van der Waals surface area contributed by atoms with Crippen molar-refractivity contribution >= 4 is 52.3 Å². The van der Waals surface area contributed by atoms with Gasteiger partial charge in [0.25, 0.3) is 5.91 Å². The van der Waals surface area contributed by atoms with Gasteiger partial charge in [-0.25, -0.2) is 9.13 Å². The lowest BCUT2D eigenvalue weighted by molar-refractivity contribution is -0.684. The highest BCUT2D eigenvalue weighted by molar-refractivity contribution is 6.35. The van der Waals surface area contributed by atoms with Crippen LogP contribution in [0.1, 0.15) is 22.8 Å². The Kier molecular flexibility index (Phi) is 9.94. The minimum atomic E-state index is -0.406. The second-order valence-corrected chi connectivity index (χ2v) is 10.3. The highest BCUT2D eigenvalue weighted by Gasteiger charge is 2.21. The summed E-state index contributed by atoms with van der Waals surface area (Å²) in [5.74, 6) is 0.671. The Morgan fingerprint density at radius 1 is 0.974 bits per heavy atom. The SMILES string of the molecule is COc1ccc(CNC(=O)C[n+]2ccn(CC(OCc3ccc(Cl)cc3Cl)c3ccc(Cl)cc3Cl)c2)cc1. The maximum atomic E-state index is 12.5. The van der Waals surface area contributed by atoms with Crippen molar-refractivity contribution in [2.24, 2.45) is 0 Å². The normalized spacial score (nSPS) is 11.8. The van der Waals surface area contributed by atoms with Crippen LogP contribution in [-0.4, -0.2) is 17.6 Å². The lowest BCUT2D eigenvalue weighted by atomic mass is 10.1. The number of rotatable bonds is 11. The van der Waals surface area contributed by atoms with Crippen LogP contribution in [0, 0.1) is 0 Å². The maximum absolute atomic E-state index is 12.5. The van der Waals surface area contributed by atoms with Gasteiger partial charge in [-0.1, -0.05) is 70.7 Å². The highest BCUT2D eigenvalue weighted by Crippen LogP contribution is 2.31. The average molecular weight is 594 g/mol. The first-order valence-electron chi connectivity index (χ1n) is 11.8. The van der Waals surface area contributed by atoms with Gasteiger partial charge in [0.1, 0.15) is 30.8 Å². The molecule has 198 valence electrons. The first-order chi connectivity index (χ1) is 18.3. The fraction of sp³-hybridized carbons (Fsp3) is 0.214. The van der Waals surface area contributed by atoms with Gasteiger partial charge in [0.15, 0.2) is 6.54 Å². The van der Waals surface area contributed by atoms with Crippen LogP contribution < -0.4 is 14.6 Å². The molecule has 38 heavy (non-hydrogen) atoms. The molecule has 0 saturated heterocycles. The van der Waals surface area contributed by atoms with Gasteiger partial charge >= 0.3 is 0 Å². The minimum absolute atomic E-state index is 0.102. The molecule has 1 N–H and O–H groups in total. The molecule has 10 heteroatoms. The molecule has 1 amide bonds. The van der Waals surface area contributed by atoms with Crippen molar-refractivity contribution in [3.8, 4) is 5.75 Å². The van der Waals surface area contributed by atoms with Crippen LogP contribution in [0.4, 0.5) is 0 Å². The Morgan fingerprint density at radius 2 is 1.68 bits per heavy atom. The highest BCUT2D eigenvalue weighted by atomic mass is 35.5. The number of hydrogen-bond donors (Lipinski definition) is 1. The standard InChI is InChI=1S/C28H25Cl4N3O3/c1-37-23-7-2-19(3-8-23)14-33-28(36)16-35-11-10-34(18-35)15-27(24-9-6-22(30)13-26(24)32)38-17-20-4-5-21(29)12-25(20)31/h2-13,18,27H,14-17H2,1H3/p+1. The Labute approximate surface area is 241 Å². The molecule has 0 aliphatic heterocycles. The molecule has 0 spiro atoms. The zero-order valence-electron chi connectivity index (χ0n) is 20.5. The molecule has 1 heterocycles. The van der Waals surface area contributed by atoms with E-state index in [0.29, 0.717) is 33.2 Å². The largest absolute Gasteiger partial charge is 0.497 e. The van der Waals surface area contributed by atoms with E-state index in [1.54, 1.807) is 35.9 Å². The van der Waals surface area contributed by atoms with Gasteiger partial charge in [-0.15, -0.1) is 0 Å². The summed E-state index contributed by atoms with van der Waals surface area (Å²) in [5, 5.41) is 5.06. The monoisotopic (exact) mass is 592 g/mol. The number of methoxy groups -OCH3 is 1. The third-order valence-electron chi connectivity index (χ3n) is 5.86. The summed E-state index contributed by atoms with van der Waals surface area (Å²) in [5.41, 5.74) is 2.59. The third-order valence-corrected chi connectivity index (χ3v) is 7.01. The zero-order chi connectivity index (χ0) is 27.1. The molecule has 1 atom stereocenters. The summed E-state index contributed by atoms with van der Waals surface area (Å²) in [4.78, 5) is 12.5. The van der Waals surface area contributed by atoms with Crippen molar-refractivity contribution < 1.29 is 18.8 Å². The van der Waals surface area contributed by atoms with E-state index < -0.39 is 6.10 Å². The number of imidazole rings is 1. The van der Waals surface area contributed by atoms with E-state index in [2.05, 4.69) is 5.32 Å². The van der Waals surface area contributed by atoms with E-state index in [-0.39, 0.29) is 19.1 Å². The zero-order valence-corrected chi connectivity index (χ0v) is 23.6. The summed E-state index contributed by atoms with van der Waals surface area (Å²) < 4.78 is 15.2. The van der Waals surface area contributed by atoms with Crippen LogP contribution in [-0.2, 0) is 35.8 Å². The van der Waals surface area contributed by atoms with Crippen LogP contribution >= 0.6 is 46.4 Å². The molecule has 3 aromatic carbocycles. The van der Waals surface area contributed by atoms with Crippen LogP contribution in [0.15, 0.2) is 79.4 Å². The van der Waals surface area contributed by atoms with Crippen LogP contribution in [0.25, 0.3) is 0 Å². The fourth-order valence-corrected chi connectivity index (χ4v) is 4.82. The molecule has 0 radical (unpaired) electrons. The van der Waals surface area contributed by atoms with Crippen molar-refractivity contribution in [2.45, 2.75) is 32.3 Å². The van der Waals surface area contributed by atoms with Gasteiger partial charge < -0.3 is 14.8 Å². The smallest absolute Gasteiger partial charge is 0.262 e. The van der Waals surface area contributed by atoms with E-state index in [1.165, 1.54) is 0 Å². The van der Waals surface area contributed by atoms with Crippen molar-refractivity contribution in [3.63, 3.8) is 0 Å². The number of halogens is 4. The summed E-state index contributed by atoms with van der Waals surface area (Å²) >= 11 is 25.0. The number of nitrogens with one attached hydrogen (secondary N) is 1. The second-order valence-electron chi connectivity index (χ2n) is 8.61. The second kappa shape index (κ2) is 13.4. The number of ether oxygens (including phenoxy) is 2. The van der Waals surface area contributed by atoms with Crippen molar-refractivity contribution in [3.05, 3.63) is 116 Å². The first kappa shape index (κ1) is 28.3. The molecule has 4 aromatic rings. The molecular formula is C28H26Cl4N3O3+. The quantitative estimate of drug-likeness (QED) is 0.198. The Hall–Kier alpha value is -2.74. The molecule has 4 rings (SSSR count). The first-order valence-corrected chi connectivity index (χ1v) is 13.3. The Morgan fingerprint density at radius 3 is 2.37 bits per heavy atom. The third kappa shape index (κ3) is 7.88. The summed E-state index contributed by atoms with van der Waals surface area (Å²) in [7, 11) is 1.62. The Bertz CT molecular complexity index is 1390. The van der Waals surface area contributed by atoms with Crippen molar-refractivity contribution in [1.82, 2.24) is 9.88 Å². The number of aromatic nitrogens is 2. The predicted octanol–water partition coefficient (Wildman–Crippen LogP) is 6.67. The number of carbonyl (C=O) groups is 1. The summed E-state index contributed by atoms with van der Waals surface area (Å²) in [6.07, 6.45) is 5.16. The predicted molar refractivity (Wildman–Crippen MR) is 150 cm³/mol. The minimum Gasteiger partial charge on any atom is -0.497 e. The van der Waals surface area contributed by atoms with E-state index >= 15 is 0 Å². The molecule has 0 aliphatic rings. The number of amides is 1. The lowest BCUT2D eigenvalue weighted by Crippen LogP contribution is -2.41. The van der Waals surface area contributed by atoms with Crippen LogP contribution in [0.5, 0.6) is 5.75 Å². The van der Waals surface area contributed by atoms with Crippen molar-refractivity contribution in [1.29, 1.82) is 0 Å². The summed E-state index contributed by atoms with van der Waals surface area (Å²) in [6, 6.07) is 18.2. The molecule has 0 saturated carbocycles. The molecule has 1 unspecified atom stereocenters. The molecule has 1 aromatic heterocycles. The van der Waals surface area contributed by atoms with Gasteiger partial charge in [0.2, 0.25) is 6.33 Å². The number of carbonyl (C=O) groups excluding carboxylic acids is 1. The fourth-order valence-electron chi connectivity index (χ4n) is 3.83. The molecular weight excluding hydrogens is 568 g/mol. The van der Waals surface area contributed by atoms with E-state index in [4.69, 9.17) is 55.9 Å². The Balaban J connectivity index is 1.41. The lowest BCUT2D eigenvalue weighted by Gasteiger charge is -2.19.